The molecule has 1 aromatic heterocycles. The third-order valence-electron chi connectivity index (χ3n) is 3.35. The van der Waals surface area contributed by atoms with Crippen LogP contribution in [0.25, 0.3) is 17.4 Å². The number of aromatic carboxylic acids is 1. The number of carbonyl (C=O) groups is 2. The number of nitrogens with one attached hydrogen (secondary N) is 1. The van der Waals surface area contributed by atoms with E-state index in [9.17, 15) is 9.59 Å². The van der Waals surface area contributed by atoms with Crippen LogP contribution in [0.1, 0.15) is 16.1 Å². The number of carboxylic acids is 1. The van der Waals surface area contributed by atoms with E-state index in [0.717, 1.165) is 0 Å². The zero-order valence-electron chi connectivity index (χ0n) is 13.8. The molecule has 7 nitrogen and oxygen atoms in total. The molecule has 0 saturated heterocycles. The fourth-order valence-corrected chi connectivity index (χ4v) is 2.34. The van der Waals surface area contributed by atoms with Crippen molar-refractivity contribution in [1.82, 2.24) is 5.32 Å². The van der Waals surface area contributed by atoms with E-state index in [4.69, 9.17) is 31.1 Å². The molecule has 0 fully saturated rings. The van der Waals surface area contributed by atoms with Crippen molar-refractivity contribution in [2.24, 2.45) is 0 Å². The van der Waals surface area contributed by atoms with Gasteiger partial charge in [0, 0.05) is 25.3 Å². The maximum Gasteiger partial charge on any atom is 0.337 e. The number of nitriles is 1. The summed E-state index contributed by atoms with van der Waals surface area (Å²) in [6.07, 6.45) is 1.32. The van der Waals surface area contributed by atoms with Crippen LogP contribution in [0.3, 0.4) is 0 Å². The zero-order chi connectivity index (χ0) is 19.1. The number of nitrogens with zero attached hydrogens (tertiary/aromatic N) is 1. The lowest BCUT2D eigenvalue weighted by Crippen LogP contribution is -2.27. The number of carboxylic acid groups (broad SMARTS) is 1. The Balaban J connectivity index is 2.21. The fraction of sp³-hybridized carbons (Fsp3) is 0.167. The summed E-state index contributed by atoms with van der Waals surface area (Å²) < 4.78 is 10.4. The summed E-state index contributed by atoms with van der Waals surface area (Å²) in [5.74, 6) is -0.928. The lowest BCUT2D eigenvalue weighted by molar-refractivity contribution is -0.117. The Bertz CT molecular complexity index is 895. The number of hydrogen-bond acceptors (Lipinski definition) is 5. The highest BCUT2D eigenvalue weighted by Crippen LogP contribution is 2.28. The molecule has 0 atom stereocenters. The molecule has 0 radical (unpaired) electrons. The van der Waals surface area contributed by atoms with Gasteiger partial charge in [-0.05, 0) is 24.3 Å². The Labute approximate surface area is 154 Å². The van der Waals surface area contributed by atoms with Crippen molar-refractivity contribution in [3.8, 4) is 17.4 Å². The van der Waals surface area contributed by atoms with E-state index in [1.54, 1.807) is 18.2 Å². The number of methoxy groups -OCH3 is 1. The van der Waals surface area contributed by atoms with Gasteiger partial charge in [0.25, 0.3) is 5.91 Å². The fourth-order valence-electron chi connectivity index (χ4n) is 2.08. The molecule has 2 aromatic rings. The number of furan rings is 1. The molecule has 2 N–H and O–H groups in total. The Hall–Kier alpha value is -3.08. The van der Waals surface area contributed by atoms with Crippen molar-refractivity contribution >= 4 is 29.6 Å². The van der Waals surface area contributed by atoms with Gasteiger partial charge in [0.15, 0.2) is 0 Å². The molecule has 0 saturated carbocycles. The molecule has 0 aliphatic heterocycles. The molecule has 0 bridgehead atoms. The molecule has 26 heavy (non-hydrogen) atoms. The molecule has 0 spiro atoms. The number of amides is 1. The molecule has 0 aliphatic rings. The number of rotatable bonds is 7. The van der Waals surface area contributed by atoms with Gasteiger partial charge in [0.05, 0.1) is 17.2 Å². The van der Waals surface area contributed by atoms with Crippen molar-refractivity contribution in [2.45, 2.75) is 0 Å². The van der Waals surface area contributed by atoms with Crippen molar-refractivity contribution in [3.05, 3.63) is 52.3 Å². The summed E-state index contributed by atoms with van der Waals surface area (Å²) >= 11 is 5.95. The second-order valence-electron chi connectivity index (χ2n) is 5.12. The van der Waals surface area contributed by atoms with E-state index in [2.05, 4.69) is 5.32 Å². The summed E-state index contributed by atoms with van der Waals surface area (Å²) in [5, 5.41) is 20.8. The van der Waals surface area contributed by atoms with Gasteiger partial charge in [-0.3, -0.25) is 4.79 Å². The molecule has 134 valence electrons. The molecule has 1 aromatic carbocycles. The zero-order valence-corrected chi connectivity index (χ0v) is 14.5. The van der Waals surface area contributed by atoms with Crippen molar-refractivity contribution in [1.29, 1.82) is 5.26 Å². The van der Waals surface area contributed by atoms with Crippen LogP contribution in [0.15, 0.2) is 40.3 Å². The number of ether oxygens (including phenoxy) is 1. The number of hydrogen-bond donors (Lipinski definition) is 2. The summed E-state index contributed by atoms with van der Waals surface area (Å²) in [7, 11) is 1.51. The molecule has 2 rings (SSSR count). The van der Waals surface area contributed by atoms with Crippen LogP contribution in [-0.2, 0) is 9.53 Å². The minimum absolute atomic E-state index is 0.0124. The van der Waals surface area contributed by atoms with E-state index >= 15 is 0 Å². The van der Waals surface area contributed by atoms with Gasteiger partial charge in [-0.25, -0.2) is 4.79 Å². The van der Waals surface area contributed by atoms with Crippen LogP contribution in [0.5, 0.6) is 0 Å². The molecule has 8 heteroatoms. The van der Waals surface area contributed by atoms with Crippen LogP contribution in [0.2, 0.25) is 5.02 Å². The maximum atomic E-state index is 11.9. The van der Waals surface area contributed by atoms with Crippen LogP contribution in [0.4, 0.5) is 0 Å². The summed E-state index contributed by atoms with van der Waals surface area (Å²) in [5.41, 5.74) is 0.450. The quantitative estimate of drug-likeness (QED) is 0.437. The summed E-state index contributed by atoms with van der Waals surface area (Å²) in [4.78, 5) is 22.9. The molecule has 1 amide bonds. The third-order valence-corrected chi connectivity index (χ3v) is 3.67. The lowest BCUT2D eigenvalue weighted by Gasteiger charge is -2.03. The van der Waals surface area contributed by atoms with Gasteiger partial charge in [0.2, 0.25) is 0 Å². The Morgan fingerprint density at radius 1 is 1.38 bits per heavy atom. The number of halogens is 1. The van der Waals surface area contributed by atoms with Gasteiger partial charge in [-0.15, -0.1) is 0 Å². The second-order valence-corrected chi connectivity index (χ2v) is 5.53. The second kappa shape index (κ2) is 8.85. The Kier molecular flexibility index (Phi) is 6.55. The van der Waals surface area contributed by atoms with Crippen LogP contribution in [-0.4, -0.2) is 37.2 Å². The monoisotopic (exact) mass is 374 g/mol. The molecular weight excluding hydrogens is 360 g/mol. The smallest absolute Gasteiger partial charge is 0.337 e. The third kappa shape index (κ3) is 4.72. The normalized spacial score (nSPS) is 11.0. The average molecular weight is 375 g/mol. The van der Waals surface area contributed by atoms with E-state index in [-0.39, 0.29) is 22.7 Å². The highest BCUT2D eigenvalue weighted by Gasteiger charge is 2.13. The van der Waals surface area contributed by atoms with Crippen molar-refractivity contribution in [2.75, 3.05) is 20.3 Å². The largest absolute Gasteiger partial charge is 0.478 e. The maximum absolute atomic E-state index is 11.9. The minimum Gasteiger partial charge on any atom is -0.478 e. The SMILES string of the molecule is COCCNC(=O)/C(C#N)=C/c1ccc(-c2ccc(C(=O)O)c(Cl)c2)o1. The highest BCUT2D eigenvalue weighted by atomic mass is 35.5. The van der Waals surface area contributed by atoms with Gasteiger partial charge in [-0.1, -0.05) is 17.7 Å². The van der Waals surface area contributed by atoms with Gasteiger partial charge < -0.3 is 19.6 Å². The van der Waals surface area contributed by atoms with Crippen LogP contribution < -0.4 is 5.32 Å². The summed E-state index contributed by atoms with van der Waals surface area (Å²) in [6.45, 7) is 0.620. The topological polar surface area (TPSA) is 113 Å². The minimum atomic E-state index is -1.12. The number of carbonyl (C=O) groups excluding carboxylic acids is 1. The molecule has 0 aliphatic carbocycles. The number of benzene rings is 1. The van der Waals surface area contributed by atoms with Crippen LogP contribution >= 0.6 is 11.6 Å². The predicted molar refractivity (Wildman–Crippen MR) is 94.6 cm³/mol. The van der Waals surface area contributed by atoms with E-state index in [1.807, 2.05) is 6.07 Å². The molecular formula is C18H15ClN2O5. The standard InChI is InChI=1S/C18H15ClN2O5/c1-25-7-6-21-17(22)12(10-20)8-13-3-5-16(26-13)11-2-4-14(18(23)24)15(19)9-11/h2-5,8-9H,6-7H2,1H3,(H,21,22)(H,23,24)/b12-8+. The van der Waals surface area contributed by atoms with E-state index in [0.29, 0.717) is 23.7 Å². The predicted octanol–water partition coefficient (Wildman–Crippen LogP) is 2.97. The van der Waals surface area contributed by atoms with Crippen molar-refractivity contribution < 1.29 is 23.8 Å². The first-order valence-electron chi connectivity index (χ1n) is 7.48. The molecule has 0 unspecified atom stereocenters. The lowest BCUT2D eigenvalue weighted by atomic mass is 10.1. The van der Waals surface area contributed by atoms with Gasteiger partial charge in [-0.2, -0.15) is 5.26 Å². The van der Waals surface area contributed by atoms with Crippen molar-refractivity contribution in [3.63, 3.8) is 0 Å². The van der Waals surface area contributed by atoms with Gasteiger partial charge in [0.1, 0.15) is 23.2 Å². The first kappa shape index (κ1) is 19.2. The molecule has 1 heterocycles. The van der Waals surface area contributed by atoms with E-state index < -0.39 is 11.9 Å². The Morgan fingerprint density at radius 3 is 2.77 bits per heavy atom. The van der Waals surface area contributed by atoms with Gasteiger partial charge >= 0.3 is 5.97 Å². The van der Waals surface area contributed by atoms with E-state index in [1.165, 1.54) is 25.3 Å². The average Bonchev–Trinajstić information content (AvgIpc) is 3.08. The first-order chi connectivity index (χ1) is 12.5. The Morgan fingerprint density at radius 2 is 2.15 bits per heavy atom. The summed E-state index contributed by atoms with van der Waals surface area (Å²) in [6, 6.07) is 9.45. The van der Waals surface area contributed by atoms with Crippen LogP contribution in [0, 0.1) is 11.3 Å². The highest BCUT2D eigenvalue weighted by molar-refractivity contribution is 6.33. The first-order valence-corrected chi connectivity index (χ1v) is 7.86.